The van der Waals surface area contributed by atoms with Crippen LogP contribution in [0.5, 0.6) is 11.5 Å². The highest BCUT2D eigenvalue weighted by Gasteiger charge is 2.13. The van der Waals surface area contributed by atoms with Gasteiger partial charge in [0.05, 0.1) is 17.3 Å². The second-order valence-electron chi connectivity index (χ2n) is 6.66. The van der Waals surface area contributed by atoms with Crippen LogP contribution >= 0.6 is 23.2 Å². The number of halogens is 2. The molecular weight excluding hydrogens is 405 g/mol. The summed E-state index contributed by atoms with van der Waals surface area (Å²) in [5, 5.41) is 1.14. The monoisotopic (exact) mass is 427 g/mol. The Balaban J connectivity index is 1.85. The fraction of sp³-hybridized carbons (Fsp3) is 0.208. The van der Waals surface area contributed by atoms with Gasteiger partial charge in [0.15, 0.2) is 11.5 Å². The standard InChI is InChI=1S/C24H23Cl2NO2/c1-4-28-23-13-19(14-27-22-10-5-7-16(2)17(22)3)12-21(26)24(23)29-15-18-8-6-9-20(25)11-18/h5-14H,4,15H2,1-3H3. The van der Waals surface area contributed by atoms with Crippen molar-refractivity contribution in [3.05, 3.63) is 86.9 Å². The van der Waals surface area contributed by atoms with Crippen LogP contribution in [0.4, 0.5) is 5.69 Å². The molecule has 150 valence electrons. The van der Waals surface area contributed by atoms with E-state index in [2.05, 4.69) is 24.9 Å². The van der Waals surface area contributed by atoms with Crippen molar-refractivity contribution < 1.29 is 9.47 Å². The summed E-state index contributed by atoms with van der Waals surface area (Å²) in [5.41, 5.74) is 5.09. The Morgan fingerprint density at radius 2 is 1.76 bits per heavy atom. The summed E-state index contributed by atoms with van der Waals surface area (Å²) in [6.07, 6.45) is 1.79. The zero-order valence-corrected chi connectivity index (χ0v) is 18.2. The molecule has 0 N–H and O–H groups in total. The Labute approximate surface area is 181 Å². The van der Waals surface area contributed by atoms with Gasteiger partial charge >= 0.3 is 0 Å². The van der Waals surface area contributed by atoms with Crippen molar-refractivity contribution in [2.45, 2.75) is 27.4 Å². The lowest BCUT2D eigenvalue weighted by Gasteiger charge is -2.14. The van der Waals surface area contributed by atoms with E-state index in [0.29, 0.717) is 34.8 Å². The predicted molar refractivity (Wildman–Crippen MR) is 122 cm³/mol. The van der Waals surface area contributed by atoms with Crippen molar-refractivity contribution in [1.29, 1.82) is 0 Å². The van der Waals surface area contributed by atoms with E-state index in [-0.39, 0.29) is 0 Å². The third kappa shape index (κ3) is 5.53. The molecule has 0 saturated heterocycles. The summed E-state index contributed by atoms with van der Waals surface area (Å²) in [4.78, 5) is 4.62. The third-order valence-corrected chi connectivity index (χ3v) is 5.05. The molecular formula is C24H23Cl2NO2. The van der Waals surface area contributed by atoms with Gasteiger partial charge in [0.25, 0.3) is 0 Å². The Morgan fingerprint density at radius 3 is 2.52 bits per heavy atom. The Bertz CT molecular complexity index is 1030. The maximum Gasteiger partial charge on any atom is 0.180 e. The summed E-state index contributed by atoms with van der Waals surface area (Å²) in [5.74, 6) is 1.10. The summed E-state index contributed by atoms with van der Waals surface area (Å²) < 4.78 is 11.7. The topological polar surface area (TPSA) is 30.8 Å². The molecule has 0 heterocycles. The fourth-order valence-electron chi connectivity index (χ4n) is 2.87. The van der Waals surface area contributed by atoms with Gasteiger partial charge in [-0.2, -0.15) is 0 Å². The highest BCUT2D eigenvalue weighted by molar-refractivity contribution is 6.32. The molecule has 3 aromatic carbocycles. The van der Waals surface area contributed by atoms with E-state index in [1.165, 1.54) is 5.56 Å². The first-order valence-electron chi connectivity index (χ1n) is 9.41. The molecule has 0 aliphatic heterocycles. The minimum absolute atomic E-state index is 0.344. The van der Waals surface area contributed by atoms with Crippen molar-refractivity contribution in [3.8, 4) is 11.5 Å². The van der Waals surface area contributed by atoms with E-state index >= 15 is 0 Å². The molecule has 0 unspecified atom stereocenters. The first kappa shape index (κ1) is 21.2. The molecule has 0 fully saturated rings. The molecule has 0 spiro atoms. The van der Waals surface area contributed by atoms with E-state index in [1.807, 2.05) is 55.5 Å². The van der Waals surface area contributed by atoms with Crippen LogP contribution < -0.4 is 9.47 Å². The van der Waals surface area contributed by atoms with Gasteiger partial charge in [0, 0.05) is 11.2 Å². The number of hydrogen-bond acceptors (Lipinski definition) is 3. The number of ether oxygens (including phenoxy) is 2. The first-order valence-corrected chi connectivity index (χ1v) is 10.2. The lowest BCUT2D eigenvalue weighted by Crippen LogP contribution is -2.01. The predicted octanol–water partition coefficient (Wildman–Crippen LogP) is 7.34. The number of benzene rings is 3. The van der Waals surface area contributed by atoms with E-state index in [1.54, 1.807) is 6.21 Å². The summed E-state index contributed by atoms with van der Waals surface area (Å²) in [7, 11) is 0. The second-order valence-corrected chi connectivity index (χ2v) is 7.50. The number of rotatable bonds is 7. The van der Waals surface area contributed by atoms with Crippen molar-refractivity contribution in [1.82, 2.24) is 0 Å². The Morgan fingerprint density at radius 1 is 0.966 bits per heavy atom. The lowest BCUT2D eigenvalue weighted by atomic mass is 10.1. The van der Waals surface area contributed by atoms with Crippen LogP contribution in [0.15, 0.2) is 59.6 Å². The molecule has 0 aliphatic rings. The van der Waals surface area contributed by atoms with Crippen molar-refractivity contribution in [3.63, 3.8) is 0 Å². The highest BCUT2D eigenvalue weighted by Crippen LogP contribution is 2.37. The average molecular weight is 428 g/mol. The maximum absolute atomic E-state index is 6.51. The Kier molecular flexibility index (Phi) is 7.18. The van der Waals surface area contributed by atoms with E-state index in [0.717, 1.165) is 22.4 Å². The van der Waals surface area contributed by atoms with Gasteiger partial charge in [-0.05, 0) is 73.4 Å². The molecule has 0 bridgehead atoms. The number of aliphatic imine (C=N–C) groups is 1. The zero-order valence-electron chi connectivity index (χ0n) is 16.7. The number of nitrogens with zero attached hydrogens (tertiary/aromatic N) is 1. The quantitative estimate of drug-likeness (QED) is 0.369. The maximum atomic E-state index is 6.51. The Hall–Kier alpha value is -2.49. The highest BCUT2D eigenvalue weighted by atomic mass is 35.5. The third-order valence-electron chi connectivity index (χ3n) is 4.53. The molecule has 3 nitrogen and oxygen atoms in total. The van der Waals surface area contributed by atoms with Crippen molar-refractivity contribution in [2.75, 3.05) is 6.61 Å². The van der Waals surface area contributed by atoms with Crippen LogP contribution in [0, 0.1) is 13.8 Å². The molecule has 3 aromatic rings. The molecule has 0 aromatic heterocycles. The van der Waals surface area contributed by atoms with E-state index in [9.17, 15) is 0 Å². The first-order chi connectivity index (χ1) is 14.0. The van der Waals surface area contributed by atoms with E-state index < -0.39 is 0 Å². The van der Waals surface area contributed by atoms with Gasteiger partial charge in [0.2, 0.25) is 0 Å². The molecule has 29 heavy (non-hydrogen) atoms. The smallest absolute Gasteiger partial charge is 0.180 e. The molecule has 0 radical (unpaired) electrons. The van der Waals surface area contributed by atoms with Gasteiger partial charge < -0.3 is 9.47 Å². The minimum Gasteiger partial charge on any atom is -0.490 e. The molecule has 0 amide bonds. The average Bonchev–Trinajstić information content (AvgIpc) is 2.69. The van der Waals surface area contributed by atoms with Gasteiger partial charge in [0.1, 0.15) is 6.61 Å². The number of aryl methyl sites for hydroxylation is 1. The fourth-order valence-corrected chi connectivity index (χ4v) is 3.35. The largest absolute Gasteiger partial charge is 0.490 e. The van der Waals surface area contributed by atoms with Gasteiger partial charge in [-0.25, -0.2) is 0 Å². The van der Waals surface area contributed by atoms with Crippen LogP contribution in [0.1, 0.15) is 29.2 Å². The van der Waals surface area contributed by atoms with Crippen LogP contribution in [0.3, 0.4) is 0 Å². The molecule has 0 saturated carbocycles. The lowest BCUT2D eigenvalue weighted by molar-refractivity contribution is 0.269. The summed E-state index contributed by atoms with van der Waals surface area (Å²) >= 11 is 12.6. The van der Waals surface area contributed by atoms with E-state index in [4.69, 9.17) is 32.7 Å². The van der Waals surface area contributed by atoms with Crippen molar-refractivity contribution >= 4 is 35.1 Å². The summed E-state index contributed by atoms with van der Waals surface area (Å²) in [6, 6.07) is 17.3. The van der Waals surface area contributed by atoms with Gasteiger partial charge in [-0.15, -0.1) is 0 Å². The van der Waals surface area contributed by atoms with Crippen molar-refractivity contribution in [2.24, 2.45) is 4.99 Å². The minimum atomic E-state index is 0.344. The van der Waals surface area contributed by atoms with Crippen LogP contribution in [-0.2, 0) is 6.61 Å². The number of hydrogen-bond donors (Lipinski definition) is 0. The SMILES string of the molecule is CCOc1cc(C=Nc2cccc(C)c2C)cc(Cl)c1OCc1cccc(Cl)c1. The van der Waals surface area contributed by atoms with Gasteiger partial charge in [-0.1, -0.05) is 47.5 Å². The summed E-state index contributed by atoms with van der Waals surface area (Å²) in [6.45, 7) is 6.90. The van der Waals surface area contributed by atoms with Crippen LogP contribution in [-0.4, -0.2) is 12.8 Å². The van der Waals surface area contributed by atoms with Crippen LogP contribution in [0.25, 0.3) is 0 Å². The second kappa shape index (κ2) is 9.82. The molecule has 5 heteroatoms. The van der Waals surface area contributed by atoms with Crippen LogP contribution in [0.2, 0.25) is 10.0 Å². The zero-order chi connectivity index (χ0) is 20.8. The van der Waals surface area contributed by atoms with Gasteiger partial charge in [-0.3, -0.25) is 4.99 Å². The normalized spacial score (nSPS) is 11.1. The molecule has 0 aliphatic carbocycles. The molecule has 3 rings (SSSR count). The molecule has 0 atom stereocenters.